The third kappa shape index (κ3) is 5.05. The Morgan fingerprint density at radius 2 is 1.94 bits per heavy atom. The Bertz CT molecular complexity index is 510. The van der Waals surface area contributed by atoms with Gasteiger partial charge in [0, 0.05) is 6.07 Å². The summed E-state index contributed by atoms with van der Waals surface area (Å²) in [4.78, 5) is 11.2. The maximum absolute atomic E-state index is 11.2. The van der Waals surface area contributed by atoms with Crippen LogP contribution in [0.3, 0.4) is 0 Å². The largest absolute Gasteiger partial charge is 1.00 e. The number of rotatable bonds is 4. The Balaban J connectivity index is 0.00000256. The van der Waals surface area contributed by atoms with Gasteiger partial charge in [-0.15, -0.1) is 0 Å². The van der Waals surface area contributed by atoms with Gasteiger partial charge in [-0.05, 0) is 19.1 Å². The molecule has 0 unspecified atom stereocenters. The van der Waals surface area contributed by atoms with Crippen LogP contribution in [0.5, 0.6) is 11.5 Å². The number of carbonyl (C=O) groups excluding carboxylic acids is 1. The Labute approximate surface area is 121 Å². The van der Waals surface area contributed by atoms with Crippen LogP contribution < -0.4 is 38.5 Å². The predicted molar refractivity (Wildman–Crippen MR) is 55.2 cm³/mol. The van der Waals surface area contributed by atoms with Crippen molar-refractivity contribution in [2.75, 3.05) is 7.11 Å². The molecule has 6 nitrogen and oxygen atoms in total. The molecule has 0 radical (unpaired) electrons. The van der Waals surface area contributed by atoms with Crippen molar-refractivity contribution in [2.45, 2.75) is 6.92 Å². The van der Waals surface area contributed by atoms with Gasteiger partial charge in [-0.25, -0.2) is 0 Å². The summed E-state index contributed by atoms with van der Waals surface area (Å²) in [5.41, 5.74) is 0.0402. The molecule has 1 aromatic carbocycles. The minimum Gasteiger partial charge on any atom is -0.497 e. The zero-order chi connectivity index (χ0) is 12.3. The number of methoxy groups -OCH3 is 1. The summed E-state index contributed by atoms with van der Waals surface area (Å²) in [5.74, 6) is -0.348. The van der Waals surface area contributed by atoms with Gasteiger partial charge in [-0.3, -0.25) is 9.35 Å². The first-order valence-electron chi connectivity index (χ1n) is 4.19. The van der Waals surface area contributed by atoms with E-state index in [1.165, 1.54) is 32.2 Å². The molecule has 0 aliphatic heterocycles. The fraction of sp³-hybridized carbons (Fsp3) is 0.222. The van der Waals surface area contributed by atoms with Crippen LogP contribution in [0, 0.1) is 0 Å². The zero-order valence-corrected chi connectivity index (χ0v) is 12.4. The summed E-state index contributed by atoms with van der Waals surface area (Å²) in [7, 11) is -3.29. The fourth-order valence-corrected chi connectivity index (χ4v) is 1.47. The van der Waals surface area contributed by atoms with Crippen molar-refractivity contribution in [3.63, 3.8) is 0 Å². The van der Waals surface area contributed by atoms with E-state index >= 15 is 0 Å². The van der Waals surface area contributed by atoms with Gasteiger partial charge < -0.3 is 8.92 Å². The van der Waals surface area contributed by atoms with E-state index < -0.39 is 10.4 Å². The molecule has 17 heavy (non-hydrogen) atoms. The SMILES string of the molecule is COc1ccc(C(C)=O)c(OS(=O)(=O)O)c1.[Na+]. The minimum atomic E-state index is -4.67. The van der Waals surface area contributed by atoms with Crippen LogP contribution in [0.25, 0.3) is 0 Å². The standard InChI is InChI=1S/C9H10O6S.Na/c1-6(10)8-4-3-7(14-2)5-9(8)15-16(11,12)13;/h3-5H,1-2H3,(H,11,12,13);/q;+1. The number of hydrogen-bond donors (Lipinski definition) is 1. The summed E-state index contributed by atoms with van der Waals surface area (Å²) >= 11 is 0. The van der Waals surface area contributed by atoms with Gasteiger partial charge in [0.05, 0.1) is 12.7 Å². The second kappa shape index (κ2) is 6.36. The average Bonchev–Trinajstić information content (AvgIpc) is 2.14. The molecular weight excluding hydrogens is 259 g/mol. The topological polar surface area (TPSA) is 89.9 Å². The first-order chi connectivity index (χ1) is 7.33. The first-order valence-corrected chi connectivity index (χ1v) is 5.56. The monoisotopic (exact) mass is 269 g/mol. The van der Waals surface area contributed by atoms with Crippen LogP contribution >= 0.6 is 0 Å². The van der Waals surface area contributed by atoms with Crippen LogP contribution in [0.2, 0.25) is 0 Å². The third-order valence-corrected chi connectivity index (χ3v) is 2.15. The number of carbonyl (C=O) groups is 1. The molecule has 0 saturated carbocycles. The van der Waals surface area contributed by atoms with Gasteiger partial charge in [0.2, 0.25) is 0 Å². The number of hydrogen-bond acceptors (Lipinski definition) is 5. The number of benzene rings is 1. The summed E-state index contributed by atoms with van der Waals surface area (Å²) in [5, 5.41) is 0. The number of ketones is 1. The Morgan fingerprint density at radius 3 is 2.35 bits per heavy atom. The van der Waals surface area contributed by atoms with Gasteiger partial charge in [0.15, 0.2) is 11.5 Å². The molecular formula is C9H10NaO6S+. The maximum atomic E-state index is 11.2. The maximum Gasteiger partial charge on any atom is 1.00 e. The van der Waals surface area contributed by atoms with Crippen LogP contribution in [0.1, 0.15) is 17.3 Å². The molecule has 0 amide bonds. The zero-order valence-electron chi connectivity index (χ0n) is 9.63. The molecule has 88 valence electrons. The van der Waals surface area contributed by atoms with Crippen molar-refractivity contribution < 1.29 is 56.2 Å². The van der Waals surface area contributed by atoms with E-state index in [-0.39, 0.29) is 46.7 Å². The van der Waals surface area contributed by atoms with Crippen molar-refractivity contribution >= 4 is 16.2 Å². The first kappa shape index (κ1) is 16.4. The molecule has 0 fully saturated rings. The van der Waals surface area contributed by atoms with Gasteiger partial charge in [0.25, 0.3) is 0 Å². The van der Waals surface area contributed by atoms with Crippen molar-refractivity contribution in [1.29, 1.82) is 0 Å². The fourth-order valence-electron chi connectivity index (χ4n) is 1.10. The average molecular weight is 269 g/mol. The molecule has 0 aromatic heterocycles. The number of ether oxygens (including phenoxy) is 1. The molecule has 0 atom stereocenters. The number of Topliss-reactive ketones (excluding diaryl/α,β-unsaturated/α-hetero) is 1. The van der Waals surface area contributed by atoms with Crippen molar-refractivity contribution in [3.05, 3.63) is 23.8 Å². The van der Waals surface area contributed by atoms with Gasteiger partial charge in [-0.1, -0.05) is 0 Å². The smallest absolute Gasteiger partial charge is 0.497 e. The molecule has 8 heteroatoms. The quantitative estimate of drug-likeness (QED) is 0.389. The molecule has 1 aromatic rings. The molecule has 1 N–H and O–H groups in total. The molecule has 0 bridgehead atoms. The molecule has 0 aliphatic carbocycles. The minimum absolute atomic E-state index is 0. The van der Waals surface area contributed by atoms with Crippen molar-refractivity contribution in [2.24, 2.45) is 0 Å². The summed E-state index contributed by atoms with van der Waals surface area (Å²) in [6.07, 6.45) is 0. The van der Waals surface area contributed by atoms with E-state index in [2.05, 4.69) is 4.18 Å². The third-order valence-electron chi connectivity index (χ3n) is 1.76. The normalized spacial score (nSPS) is 10.3. The van der Waals surface area contributed by atoms with Crippen molar-refractivity contribution in [3.8, 4) is 11.5 Å². The van der Waals surface area contributed by atoms with Crippen LogP contribution in [0.4, 0.5) is 0 Å². The van der Waals surface area contributed by atoms with E-state index in [4.69, 9.17) is 9.29 Å². The summed E-state index contributed by atoms with van der Waals surface area (Å²) in [6, 6.07) is 4.03. The van der Waals surface area contributed by atoms with E-state index in [9.17, 15) is 13.2 Å². The van der Waals surface area contributed by atoms with Gasteiger partial charge in [0.1, 0.15) is 5.75 Å². The molecule has 0 aliphatic rings. The van der Waals surface area contributed by atoms with E-state index in [0.29, 0.717) is 5.75 Å². The van der Waals surface area contributed by atoms with E-state index in [1.54, 1.807) is 0 Å². The van der Waals surface area contributed by atoms with E-state index in [0.717, 1.165) is 0 Å². The van der Waals surface area contributed by atoms with Crippen LogP contribution in [0.15, 0.2) is 18.2 Å². The predicted octanol–water partition coefficient (Wildman–Crippen LogP) is -1.92. The second-order valence-corrected chi connectivity index (χ2v) is 3.95. The van der Waals surface area contributed by atoms with Crippen LogP contribution in [-0.2, 0) is 10.4 Å². The van der Waals surface area contributed by atoms with E-state index in [1.807, 2.05) is 0 Å². The second-order valence-electron chi connectivity index (χ2n) is 2.93. The Hall–Kier alpha value is -0.600. The van der Waals surface area contributed by atoms with Gasteiger partial charge in [-0.2, -0.15) is 8.42 Å². The summed E-state index contributed by atoms with van der Waals surface area (Å²) in [6.45, 7) is 1.25. The van der Waals surface area contributed by atoms with Crippen LogP contribution in [-0.4, -0.2) is 25.9 Å². The molecule has 0 spiro atoms. The molecule has 1 rings (SSSR count). The van der Waals surface area contributed by atoms with Gasteiger partial charge >= 0.3 is 40.0 Å². The summed E-state index contributed by atoms with van der Waals surface area (Å²) < 4.78 is 38.8. The van der Waals surface area contributed by atoms with Crippen molar-refractivity contribution in [1.82, 2.24) is 0 Å². The molecule has 0 saturated heterocycles. The molecule has 0 heterocycles. The Kier molecular flexibility index (Phi) is 6.14. The Morgan fingerprint density at radius 1 is 1.35 bits per heavy atom.